The maximum Gasteiger partial charge on any atom is 0.335 e. The van der Waals surface area contributed by atoms with Gasteiger partial charge in [0.15, 0.2) is 13.5 Å². The van der Waals surface area contributed by atoms with E-state index in [1.54, 1.807) is 6.26 Å². The van der Waals surface area contributed by atoms with Crippen molar-refractivity contribution in [1.29, 1.82) is 0 Å². The predicted molar refractivity (Wildman–Crippen MR) is 38.0 cm³/mol. The van der Waals surface area contributed by atoms with Crippen LogP contribution in [0.1, 0.15) is 0 Å². The van der Waals surface area contributed by atoms with Crippen molar-refractivity contribution in [3.05, 3.63) is 12.3 Å². The topological polar surface area (TPSA) is 18.5 Å². The smallest absolute Gasteiger partial charge is 0.335 e. The zero-order valence-corrected chi connectivity index (χ0v) is 7.06. The van der Waals surface area contributed by atoms with Gasteiger partial charge in [-0.05, 0) is 6.08 Å². The molecule has 1 rings (SSSR count). The van der Waals surface area contributed by atoms with E-state index < -0.39 is 19.0 Å². The van der Waals surface area contributed by atoms with Crippen molar-refractivity contribution in [3.8, 4) is 0 Å². The first-order valence-electron chi connectivity index (χ1n) is 3.57. The van der Waals surface area contributed by atoms with Crippen molar-refractivity contribution >= 4 is 0 Å². The summed E-state index contributed by atoms with van der Waals surface area (Å²) in [5.41, 5.74) is 0. The van der Waals surface area contributed by atoms with Gasteiger partial charge in [-0.3, -0.25) is 0 Å². The summed E-state index contributed by atoms with van der Waals surface area (Å²) in [4.78, 5) is 0. The Balaban J connectivity index is 0.000000249. The standard InChI is InChI=1S/C4H6O2.C3H3F5/c1-2-5-4-6-3-1;4-1-3(7,8)2(5)6/h1-2H,3-4H2;2H,1H2. The number of halogens is 5. The molecule has 0 aromatic rings. The summed E-state index contributed by atoms with van der Waals surface area (Å²) in [6.45, 7) is -1.19. The molecule has 1 aliphatic rings. The molecule has 84 valence electrons. The molecular formula is C7H9F5O2. The molecule has 0 aliphatic carbocycles. The van der Waals surface area contributed by atoms with Gasteiger partial charge >= 0.3 is 12.3 Å². The Morgan fingerprint density at radius 3 is 2.07 bits per heavy atom. The van der Waals surface area contributed by atoms with Crippen molar-refractivity contribution in [2.24, 2.45) is 0 Å². The quantitative estimate of drug-likeness (QED) is 0.665. The summed E-state index contributed by atoms with van der Waals surface area (Å²) in [5, 5.41) is 0. The molecule has 0 fully saturated rings. The minimum atomic E-state index is -4.46. The van der Waals surface area contributed by atoms with Crippen LogP contribution in [0.5, 0.6) is 0 Å². The van der Waals surface area contributed by atoms with Crippen molar-refractivity contribution in [2.45, 2.75) is 12.3 Å². The normalized spacial score (nSPS) is 15.9. The van der Waals surface area contributed by atoms with Crippen LogP contribution in [0.4, 0.5) is 22.0 Å². The lowest BCUT2D eigenvalue weighted by molar-refractivity contribution is -0.139. The van der Waals surface area contributed by atoms with E-state index in [0.29, 0.717) is 13.4 Å². The maximum absolute atomic E-state index is 11.2. The molecule has 0 saturated carbocycles. The summed E-state index contributed by atoms with van der Waals surface area (Å²) in [5.74, 6) is -4.46. The monoisotopic (exact) mass is 220 g/mol. The van der Waals surface area contributed by atoms with Gasteiger partial charge in [0.1, 0.15) is 0 Å². The molecule has 0 aromatic carbocycles. The molecule has 1 aliphatic heterocycles. The van der Waals surface area contributed by atoms with Crippen LogP contribution in [-0.4, -0.2) is 32.4 Å². The Morgan fingerprint density at radius 1 is 1.36 bits per heavy atom. The van der Waals surface area contributed by atoms with E-state index in [9.17, 15) is 22.0 Å². The van der Waals surface area contributed by atoms with Gasteiger partial charge in [-0.25, -0.2) is 13.2 Å². The van der Waals surface area contributed by atoms with Crippen LogP contribution >= 0.6 is 0 Å². The van der Waals surface area contributed by atoms with Crippen LogP contribution in [0.25, 0.3) is 0 Å². The minimum Gasteiger partial charge on any atom is -0.475 e. The molecule has 0 saturated heterocycles. The Bertz CT molecular complexity index is 163. The lowest BCUT2D eigenvalue weighted by Gasteiger charge is -2.08. The fourth-order valence-electron chi connectivity index (χ4n) is 0.369. The molecule has 0 spiro atoms. The van der Waals surface area contributed by atoms with Gasteiger partial charge in [0.2, 0.25) is 0 Å². The highest BCUT2D eigenvalue weighted by molar-refractivity contribution is 4.73. The molecule has 2 nitrogen and oxygen atoms in total. The number of hydrogen-bond donors (Lipinski definition) is 0. The van der Waals surface area contributed by atoms with Gasteiger partial charge in [0, 0.05) is 0 Å². The number of ether oxygens (including phenoxy) is 2. The first-order chi connectivity index (χ1) is 6.50. The molecule has 0 unspecified atom stereocenters. The molecule has 0 aromatic heterocycles. The zero-order chi connectivity index (χ0) is 11.0. The highest BCUT2D eigenvalue weighted by atomic mass is 19.3. The van der Waals surface area contributed by atoms with Crippen molar-refractivity contribution in [1.82, 2.24) is 0 Å². The molecule has 0 amide bonds. The van der Waals surface area contributed by atoms with Gasteiger partial charge in [0.05, 0.1) is 12.9 Å². The Labute approximate surface area is 77.3 Å². The summed E-state index contributed by atoms with van der Waals surface area (Å²) >= 11 is 0. The molecule has 0 atom stereocenters. The lowest BCUT2D eigenvalue weighted by atomic mass is 10.4. The number of rotatable bonds is 2. The SMILES string of the molecule is C1=COCOC1.FCC(F)(F)C(F)F. The molecular weight excluding hydrogens is 211 g/mol. The molecule has 0 N–H and O–H groups in total. The summed E-state index contributed by atoms with van der Waals surface area (Å²) in [6.07, 6.45) is -0.431. The molecule has 0 radical (unpaired) electrons. The third kappa shape index (κ3) is 5.74. The minimum absolute atomic E-state index is 0.413. The third-order valence-electron chi connectivity index (χ3n) is 1.06. The number of hydrogen-bond acceptors (Lipinski definition) is 2. The van der Waals surface area contributed by atoms with E-state index >= 15 is 0 Å². The van der Waals surface area contributed by atoms with Gasteiger partial charge in [-0.15, -0.1) is 0 Å². The second-order valence-corrected chi connectivity index (χ2v) is 2.22. The van der Waals surface area contributed by atoms with Crippen molar-refractivity contribution < 1.29 is 31.4 Å². The van der Waals surface area contributed by atoms with Crippen LogP contribution in [0.15, 0.2) is 12.3 Å². The van der Waals surface area contributed by atoms with E-state index in [2.05, 4.69) is 4.74 Å². The molecule has 14 heavy (non-hydrogen) atoms. The molecule has 1 heterocycles. The summed E-state index contributed by atoms with van der Waals surface area (Å²) in [6, 6.07) is 0. The van der Waals surface area contributed by atoms with Gasteiger partial charge < -0.3 is 9.47 Å². The summed E-state index contributed by atoms with van der Waals surface area (Å²) in [7, 11) is 0. The summed E-state index contributed by atoms with van der Waals surface area (Å²) < 4.78 is 64.2. The molecule has 7 heteroatoms. The van der Waals surface area contributed by atoms with Crippen LogP contribution in [0, 0.1) is 0 Å². The first kappa shape index (κ1) is 13.2. The Kier molecular flexibility index (Phi) is 6.18. The van der Waals surface area contributed by atoms with Crippen molar-refractivity contribution in [2.75, 3.05) is 20.1 Å². The first-order valence-corrected chi connectivity index (χ1v) is 3.57. The highest BCUT2D eigenvalue weighted by Crippen LogP contribution is 2.22. The second kappa shape index (κ2) is 6.58. The van der Waals surface area contributed by atoms with Crippen LogP contribution in [0.3, 0.4) is 0 Å². The van der Waals surface area contributed by atoms with Crippen LogP contribution < -0.4 is 0 Å². The van der Waals surface area contributed by atoms with E-state index in [4.69, 9.17) is 4.74 Å². The Morgan fingerprint density at radius 2 is 2.00 bits per heavy atom. The van der Waals surface area contributed by atoms with Gasteiger partial charge in [-0.2, -0.15) is 8.78 Å². The van der Waals surface area contributed by atoms with Gasteiger partial charge in [0.25, 0.3) is 0 Å². The lowest BCUT2D eigenvalue weighted by Crippen LogP contribution is -2.28. The van der Waals surface area contributed by atoms with Crippen molar-refractivity contribution in [3.63, 3.8) is 0 Å². The average Bonchev–Trinajstić information content (AvgIpc) is 2.21. The maximum atomic E-state index is 11.2. The van der Waals surface area contributed by atoms with Crippen LogP contribution in [0.2, 0.25) is 0 Å². The average molecular weight is 220 g/mol. The fraction of sp³-hybridized carbons (Fsp3) is 0.714. The van der Waals surface area contributed by atoms with Gasteiger partial charge in [-0.1, -0.05) is 0 Å². The zero-order valence-electron chi connectivity index (χ0n) is 7.06. The predicted octanol–water partition coefficient (Wildman–Crippen LogP) is 2.36. The second-order valence-electron chi connectivity index (χ2n) is 2.22. The third-order valence-corrected chi connectivity index (χ3v) is 1.06. The number of alkyl halides is 5. The van der Waals surface area contributed by atoms with E-state index in [0.717, 1.165) is 0 Å². The largest absolute Gasteiger partial charge is 0.475 e. The van der Waals surface area contributed by atoms with E-state index in [1.807, 2.05) is 6.08 Å². The molecule has 0 bridgehead atoms. The highest BCUT2D eigenvalue weighted by Gasteiger charge is 2.40. The fourth-order valence-corrected chi connectivity index (χ4v) is 0.369. The van der Waals surface area contributed by atoms with Crippen LogP contribution in [-0.2, 0) is 9.47 Å². The Hall–Kier alpha value is -0.850. The van der Waals surface area contributed by atoms with E-state index in [-0.39, 0.29) is 0 Å². The van der Waals surface area contributed by atoms with E-state index in [1.165, 1.54) is 0 Å².